The molecule has 0 radical (unpaired) electrons. The molecule has 0 saturated carbocycles. The van der Waals surface area contributed by atoms with E-state index in [1.165, 1.54) is 23.2 Å². The number of aryl methyl sites for hydroxylation is 1. The smallest absolute Gasteiger partial charge is 0.274 e. The molecule has 0 unspecified atom stereocenters. The lowest BCUT2D eigenvalue weighted by molar-refractivity contribution is 0.0620. The van der Waals surface area contributed by atoms with Gasteiger partial charge in [0, 0.05) is 56.6 Å². The number of hydrogen-bond acceptors (Lipinski definition) is 4. The molecular weight excluding hydrogens is 340 g/mol. The van der Waals surface area contributed by atoms with Crippen molar-refractivity contribution in [3.05, 3.63) is 46.8 Å². The van der Waals surface area contributed by atoms with Gasteiger partial charge in [0.15, 0.2) is 5.69 Å². The highest BCUT2D eigenvalue weighted by Crippen LogP contribution is 2.25. The van der Waals surface area contributed by atoms with Crippen LogP contribution in [-0.2, 0) is 26.4 Å². The van der Waals surface area contributed by atoms with Crippen LogP contribution in [0.15, 0.2) is 24.3 Å². The molecule has 2 aliphatic rings. The van der Waals surface area contributed by atoms with Crippen LogP contribution < -0.4 is 4.74 Å². The number of piperazine rings is 1. The summed E-state index contributed by atoms with van der Waals surface area (Å²) in [4.78, 5) is 17.4. The van der Waals surface area contributed by atoms with Gasteiger partial charge in [-0.3, -0.25) is 14.4 Å². The zero-order valence-corrected chi connectivity index (χ0v) is 16.3. The van der Waals surface area contributed by atoms with Gasteiger partial charge < -0.3 is 9.64 Å². The number of carbonyl (C=O) groups excluding carboxylic acids is 1. The normalized spacial score (nSPS) is 17.6. The minimum Gasteiger partial charge on any atom is -0.496 e. The number of carbonyl (C=O) groups is 1. The van der Waals surface area contributed by atoms with Gasteiger partial charge in [0.05, 0.1) is 7.11 Å². The number of amides is 1. The molecule has 1 aliphatic heterocycles. The summed E-state index contributed by atoms with van der Waals surface area (Å²) in [6.45, 7) is 4.10. The fraction of sp³-hybridized carbons (Fsp3) is 0.524. The molecule has 4 rings (SSSR count). The standard InChI is InChI=1S/C21H28N4O2/c1-23-18-9-5-4-8-17(18)20(22-23)21(26)25-13-11-24(12-14-25)15-16-7-3-6-10-19(16)27-2/h3,6-7,10H,4-5,8-9,11-15H2,1-2H3. The van der Waals surface area contributed by atoms with Gasteiger partial charge in [0.25, 0.3) is 5.91 Å². The molecule has 1 fully saturated rings. The highest BCUT2D eigenvalue weighted by atomic mass is 16.5. The molecule has 1 aromatic heterocycles. The van der Waals surface area contributed by atoms with Crippen molar-refractivity contribution in [2.75, 3.05) is 33.3 Å². The van der Waals surface area contributed by atoms with E-state index in [0.29, 0.717) is 5.69 Å². The number of ether oxygens (including phenoxy) is 1. The first kappa shape index (κ1) is 18.0. The SMILES string of the molecule is COc1ccccc1CN1CCN(C(=O)c2nn(C)c3c2CCCC3)CC1. The largest absolute Gasteiger partial charge is 0.496 e. The van der Waals surface area contributed by atoms with Crippen LogP contribution in [0.5, 0.6) is 5.75 Å². The molecule has 1 aliphatic carbocycles. The van der Waals surface area contributed by atoms with Gasteiger partial charge in [-0.1, -0.05) is 18.2 Å². The summed E-state index contributed by atoms with van der Waals surface area (Å²) < 4.78 is 7.37. The number of fused-ring (bicyclic) bond motifs is 1. The predicted octanol–water partition coefficient (Wildman–Crippen LogP) is 2.27. The second-order valence-corrected chi connectivity index (χ2v) is 7.48. The summed E-state index contributed by atoms with van der Waals surface area (Å²) in [5, 5.41) is 4.57. The lowest BCUT2D eigenvalue weighted by Gasteiger charge is -2.34. The van der Waals surface area contributed by atoms with Gasteiger partial charge >= 0.3 is 0 Å². The Morgan fingerprint density at radius 3 is 2.63 bits per heavy atom. The first-order valence-corrected chi connectivity index (χ1v) is 9.85. The zero-order chi connectivity index (χ0) is 18.8. The maximum atomic E-state index is 13.1. The van der Waals surface area contributed by atoms with E-state index in [-0.39, 0.29) is 5.91 Å². The molecule has 2 heterocycles. The van der Waals surface area contributed by atoms with Gasteiger partial charge in [0.2, 0.25) is 0 Å². The Bertz CT molecular complexity index is 822. The van der Waals surface area contributed by atoms with Gasteiger partial charge in [-0.2, -0.15) is 5.10 Å². The Kier molecular flexibility index (Phi) is 5.16. The van der Waals surface area contributed by atoms with Crippen molar-refractivity contribution >= 4 is 5.91 Å². The van der Waals surface area contributed by atoms with Crippen molar-refractivity contribution in [1.82, 2.24) is 19.6 Å². The van der Waals surface area contributed by atoms with E-state index in [9.17, 15) is 4.79 Å². The number of rotatable bonds is 4. The summed E-state index contributed by atoms with van der Waals surface area (Å²) in [5.41, 5.74) is 4.31. The van der Waals surface area contributed by atoms with Gasteiger partial charge in [-0.05, 0) is 31.7 Å². The predicted molar refractivity (Wildman–Crippen MR) is 104 cm³/mol. The van der Waals surface area contributed by atoms with Crippen molar-refractivity contribution in [3.63, 3.8) is 0 Å². The van der Waals surface area contributed by atoms with Crippen LogP contribution in [0.2, 0.25) is 0 Å². The van der Waals surface area contributed by atoms with Crippen molar-refractivity contribution in [1.29, 1.82) is 0 Å². The Labute approximate surface area is 160 Å². The van der Waals surface area contributed by atoms with Crippen LogP contribution in [0.4, 0.5) is 0 Å². The van der Waals surface area contributed by atoms with Gasteiger partial charge in [-0.25, -0.2) is 0 Å². The number of methoxy groups -OCH3 is 1. The molecule has 1 saturated heterocycles. The maximum Gasteiger partial charge on any atom is 0.274 e. The van der Waals surface area contributed by atoms with E-state index in [0.717, 1.165) is 57.7 Å². The molecular formula is C21H28N4O2. The van der Waals surface area contributed by atoms with E-state index < -0.39 is 0 Å². The van der Waals surface area contributed by atoms with E-state index in [1.54, 1.807) is 7.11 Å². The summed E-state index contributed by atoms with van der Waals surface area (Å²) in [7, 11) is 3.68. The Morgan fingerprint density at radius 1 is 1.11 bits per heavy atom. The molecule has 1 amide bonds. The number of benzene rings is 1. The average Bonchev–Trinajstić information content (AvgIpc) is 3.05. The molecule has 0 spiro atoms. The van der Waals surface area contributed by atoms with Crippen LogP contribution in [0.25, 0.3) is 0 Å². The van der Waals surface area contributed by atoms with Crippen molar-refractivity contribution in [2.24, 2.45) is 7.05 Å². The van der Waals surface area contributed by atoms with Crippen molar-refractivity contribution in [2.45, 2.75) is 32.2 Å². The number of hydrogen-bond donors (Lipinski definition) is 0. The molecule has 0 bridgehead atoms. The zero-order valence-electron chi connectivity index (χ0n) is 16.3. The minimum atomic E-state index is 0.102. The third kappa shape index (κ3) is 3.58. The number of para-hydroxylation sites is 1. The third-order valence-electron chi connectivity index (χ3n) is 5.81. The van der Waals surface area contributed by atoms with E-state index >= 15 is 0 Å². The molecule has 144 valence electrons. The summed E-state index contributed by atoms with van der Waals surface area (Å²) in [6.07, 6.45) is 4.38. The number of nitrogens with zero attached hydrogens (tertiary/aromatic N) is 4. The Morgan fingerprint density at radius 2 is 1.85 bits per heavy atom. The van der Waals surface area contributed by atoms with Crippen LogP contribution >= 0.6 is 0 Å². The van der Waals surface area contributed by atoms with Gasteiger partial charge in [0.1, 0.15) is 5.75 Å². The molecule has 1 aromatic carbocycles. The monoisotopic (exact) mass is 368 g/mol. The fourth-order valence-electron chi connectivity index (χ4n) is 4.28. The molecule has 2 aromatic rings. The van der Waals surface area contributed by atoms with Gasteiger partial charge in [-0.15, -0.1) is 0 Å². The topological polar surface area (TPSA) is 50.6 Å². The van der Waals surface area contributed by atoms with E-state index in [2.05, 4.69) is 16.1 Å². The Hall–Kier alpha value is -2.34. The van der Waals surface area contributed by atoms with Crippen LogP contribution in [0.1, 0.15) is 40.2 Å². The van der Waals surface area contributed by atoms with E-state index in [4.69, 9.17) is 4.74 Å². The van der Waals surface area contributed by atoms with Crippen molar-refractivity contribution < 1.29 is 9.53 Å². The quantitative estimate of drug-likeness (QED) is 0.831. The molecule has 6 nitrogen and oxygen atoms in total. The first-order valence-electron chi connectivity index (χ1n) is 9.85. The molecule has 6 heteroatoms. The minimum absolute atomic E-state index is 0.102. The summed E-state index contributed by atoms with van der Waals surface area (Å²) in [5.74, 6) is 1.03. The third-order valence-corrected chi connectivity index (χ3v) is 5.81. The maximum absolute atomic E-state index is 13.1. The summed E-state index contributed by atoms with van der Waals surface area (Å²) in [6, 6.07) is 8.14. The second kappa shape index (κ2) is 7.72. The van der Waals surface area contributed by atoms with E-state index in [1.807, 2.05) is 34.8 Å². The Balaban J connectivity index is 1.40. The molecule has 0 N–H and O–H groups in total. The summed E-state index contributed by atoms with van der Waals surface area (Å²) >= 11 is 0. The van der Waals surface area contributed by atoms with Crippen LogP contribution in [-0.4, -0.2) is 58.8 Å². The first-order chi connectivity index (χ1) is 13.2. The molecule has 0 atom stereocenters. The highest BCUT2D eigenvalue weighted by Gasteiger charge is 2.29. The average molecular weight is 368 g/mol. The lowest BCUT2D eigenvalue weighted by atomic mass is 9.95. The highest BCUT2D eigenvalue weighted by molar-refractivity contribution is 5.94. The lowest BCUT2D eigenvalue weighted by Crippen LogP contribution is -2.48. The molecule has 27 heavy (non-hydrogen) atoms. The van der Waals surface area contributed by atoms with Crippen LogP contribution in [0, 0.1) is 0 Å². The van der Waals surface area contributed by atoms with Crippen LogP contribution in [0.3, 0.4) is 0 Å². The second-order valence-electron chi connectivity index (χ2n) is 7.48. The van der Waals surface area contributed by atoms with Crippen molar-refractivity contribution in [3.8, 4) is 5.75 Å². The number of aromatic nitrogens is 2. The fourth-order valence-corrected chi connectivity index (χ4v) is 4.28.